The lowest BCUT2D eigenvalue weighted by atomic mass is 9.95. The third-order valence-electron chi connectivity index (χ3n) is 5.17. The first-order valence-electron chi connectivity index (χ1n) is 9.40. The number of carbonyl (C=O) groups excluding carboxylic acids is 1. The second-order valence-corrected chi connectivity index (χ2v) is 7.31. The predicted molar refractivity (Wildman–Crippen MR) is 99.5 cm³/mol. The Hall–Kier alpha value is -2.08. The number of carbonyl (C=O) groups is 1. The standard InChI is InChI=1S/C20H29N3O3/c1-14(2)18-13-17(15(3)26-18)20(24)23-8-5-16(6-9-23)19-21-7-10-22(19)11-12-25-4/h7,10,13-14,16H,5-6,8-9,11-12H2,1-4H3. The summed E-state index contributed by atoms with van der Waals surface area (Å²) < 4.78 is 13.1. The van der Waals surface area contributed by atoms with Gasteiger partial charge < -0.3 is 18.6 Å². The average molecular weight is 359 g/mol. The summed E-state index contributed by atoms with van der Waals surface area (Å²) in [6.07, 6.45) is 5.73. The van der Waals surface area contributed by atoms with Crippen LogP contribution < -0.4 is 0 Å². The maximum absolute atomic E-state index is 12.9. The number of rotatable bonds is 6. The van der Waals surface area contributed by atoms with Crippen molar-refractivity contribution in [2.45, 2.75) is 52.0 Å². The van der Waals surface area contributed by atoms with Gasteiger partial charge in [0.2, 0.25) is 0 Å². The Balaban J connectivity index is 1.63. The molecule has 0 atom stereocenters. The minimum Gasteiger partial charge on any atom is -0.465 e. The van der Waals surface area contributed by atoms with Crippen LogP contribution in [-0.2, 0) is 11.3 Å². The Kier molecular flexibility index (Phi) is 5.81. The molecule has 3 heterocycles. The molecule has 6 heteroatoms. The molecule has 0 spiro atoms. The molecule has 1 amide bonds. The number of furan rings is 1. The first-order valence-corrected chi connectivity index (χ1v) is 9.40. The normalized spacial score (nSPS) is 15.8. The molecule has 3 rings (SSSR count). The second kappa shape index (κ2) is 8.08. The van der Waals surface area contributed by atoms with Gasteiger partial charge in [0.15, 0.2) is 0 Å². The maximum atomic E-state index is 12.9. The molecule has 1 fully saturated rings. The number of amides is 1. The van der Waals surface area contributed by atoms with Crippen molar-refractivity contribution in [3.8, 4) is 0 Å². The van der Waals surface area contributed by atoms with Crippen LogP contribution in [0.15, 0.2) is 22.9 Å². The van der Waals surface area contributed by atoms with Crippen LogP contribution in [0.1, 0.15) is 66.2 Å². The molecular formula is C20H29N3O3. The van der Waals surface area contributed by atoms with Gasteiger partial charge in [0, 0.05) is 51.0 Å². The summed E-state index contributed by atoms with van der Waals surface area (Å²) in [6.45, 7) is 9.02. The number of ether oxygens (including phenoxy) is 1. The fraction of sp³-hybridized carbons (Fsp3) is 0.600. The van der Waals surface area contributed by atoms with Crippen molar-refractivity contribution in [2.24, 2.45) is 0 Å². The molecule has 0 aromatic carbocycles. The molecule has 0 unspecified atom stereocenters. The number of aryl methyl sites for hydroxylation is 1. The summed E-state index contributed by atoms with van der Waals surface area (Å²) in [5.41, 5.74) is 0.703. The fourth-order valence-electron chi connectivity index (χ4n) is 3.57. The van der Waals surface area contributed by atoms with Crippen molar-refractivity contribution in [3.63, 3.8) is 0 Å². The van der Waals surface area contributed by atoms with Gasteiger partial charge in [-0.15, -0.1) is 0 Å². The van der Waals surface area contributed by atoms with Gasteiger partial charge in [-0.1, -0.05) is 13.8 Å². The molecule has 6 nitrogen and oxygen atoms in total. The highest BCUT2D eigenvalue weighted by Crippen LogP contribution is 2.29. The lowest BCUT2D eigenvalue weighted by molar-refractivity contribution is 0.0708. The number of imidazole rings is 1. The van der Waals surface area contributed by atoms with Crippen LogP contribution in [-0.4, -0.2) is 47.2 Å². The molecule has 1 aliphatic rings. The van der Waals surface area contributed by atoms with E-state index in [-0.39, 0.29) is 11.8 Å². The van der Waals surface area contributed by atoms with Gasteiger partial charge in [-0.05, 0) is 25.8 Å². The third-order valence-corrected chi connectivity index (χ3v) is 5.17. The van der Waals surface area contributed by atoms with Crippen molar-refractivity contribution >= 4 is 5.91 Å². The van der Waals surface area contributed by atoms with Gasteiger partial charge in [-0.25, -0.2) is 4.98 Å². The maximum Gasteiger partial charge on any atom is 0.257 e. The highest BCUT2D eigenvalue weighted by Gasteiger charge is 2.28. The van der Waals surface area contributed by atoms with Crippen molar-refractivity contribution < 1.29 is 13.9 Å². The first-order chi connectivity index (χ1) is 12.5. The highest BCUT2D eigenvalue weighted by molar-refractivity contribution is 5.95. The van der Waals surface area contributed by atoms with E-state index in [1.165, 1.54) is 0 Å². The molecule has 2 aromatic rings. The topological polar surface area (TPSA) is 60.5 Å². The molecule has 0 bridgehead atoms. The van der Waals surface area contributed by atoms with Crippen LogP contribution >= 0.6 is 0 Å². The van der Waals surface area contributed by atoms with Crippen molar-refractivity contribution in [3.05, 3.63) is 41.4 Å². The number of hydrogen-bond donors (Lipinski definition) is 0. The summed E-state index contributed by atoms with van der Waals surface area (Å²) in [5, 5.41) is 0. The quantitative estimate of drug-likeness (QED) is 0.791. The lowest BCUT2D eigenvalue weighted by Crippen LogP contribution is -2.38. The third kappa shape index (κ3) is 3.85. The van der Waals surface area contributed by atoms with E-state index < -0.39 is 0 Å². The lowest BCUT2D eigenvalue weighted by Gasteiger charge is -2.31. The van der Waals surface area contributed by atoms with Crippen molar-refractivity contribution in [1.29, 1.82) is 0 Å². The number of hydrogen-bond acceptors (Lipinski definition) is 4. The summed E-state index contributed by atoms with van der Waals surface area (Å²) in [6, 6.07) is 1.91. The van der Waals surface area contributed by atoms with Gasteiger partial charge in [-0.2, -0.15) is 0 Å². The number of methoxy groups -OCH3 is 1. The smallest absolute Gasteiger partial charge is 0.257 e. The molecule has 0 saturated carbocycles. The number of piperidine rings is 1. The van der Waals surface area contributed by atoms with E-state index in [9.17, 15) is 4.79 Å². The Labute approximate surface area is 155 Å². The molecule has 0 radical (unpaired) electrons. The fourth-order valence-corrected chi connectivity index (χ4v) is 3.57. The zero-order chi connectivity index (χ0) is 18.7. The van der Waals surface area contributed by atoms with E-state index in [0.717, 1.165) is 49.8 Å². The molecule has 0 aliphatic carbocycles. The van der Waals surface area contributed by atoms with Gasteiger partial charge in [0.05, 0.1) is 12.2 Å². The minimum absolute atomic E-state index is 0.0827. The van der Waals surface area contributed by atoms with Gasteiger partial charge in [0.1, 0.15) is 17.3 Å². The van der Waals surface area contributed by atoms with Gasteiger partial charge in [-0.3, -0.25) is 4.79 Å². The zero-order valence-corrected chi connectivity index (χ0v) is 16.2. The number of aromatic nitrogens is 2. The van der Waals surface area contributed by atoms with E-state index in [4.69, 9.17) is 9.15 Å². The Morgan fingerprint density at radius 3 is 2.73 bits per heavy atom. The van der Waals surface area contributed by atoms with E-state index in [1.807, 2.05) is 30.3 Å². The first kappa shape index (κ1) is 18.7. The van der Waals surface area contributed by atoms with Crippen LogP contribution in [0, 0.1) is 6.92 Å². The summed E-state index contributed by atoms with van der Waals surface area (Å²) in [5.74, 6) is 3.46. The monoisotopic (exact) mass is 359 g/mol. The minimum atomic E-state index is 0.0827. The Bertz CT molecular complexity index is 739. The summed E-state index contributed by atoms with van der Waals surface area (Å²) in [4.78, 5) is 19.4. The van der Waals surface area contributed by atoms with Crippen molar-refractivity contribution in [2.75, 3.05) is 26.8 Å². The van der Waals surface area contributed by atoms with Crippen LogP contribution in [0.4, 0.5) is 0 Å². The van der Waals surface area contributed by atoms with Crippen LogP contribution in [0.25, 0.3) is 0 Å². The number of nitrogens with zero attached hydrogens (tertiary/aromatic N) is 3. The number of likely N-dealkylation sites (tertiary alicyclic amines) is 1. The van der Waals surface area contributed by atoms with Crippen LogP contribution in [0.3, 0.4) is 0 Å². The molecular weight excluding hydrogens is 330 g/mol. The van der Waals surface area contributed by atoms with E-state index >= 15 is 0 Å². The molecule has 1 aliphatic heterocycles. The van der Waals surface area contributed by atoms with Gasteiger partial charge >= 0.3 is 0 Å². The van der Waals surface area contributed by atoms with E-state index in [2.05, 4.69) is 23.4 Å². The highest BCUT2D eigenvalue weighted by atomic mass is 16.5. The average Bonchev–Trinajstić information content (AvgIpc) is 3.26. The van der Waals surface area contributed by atoms with Gasteiger partial charge in [0.25, 0.3) is 5.91 Å². The molecule has 1 saturated heterocycles. The summed E-state index contributed by atoms with van der Waals surface area (Å²) >= 11 is 0. The van der Waals surface area contributed by atoms with Crippen molar-refractivity contribution in [1.82, 2.24) is 14.5 Å². The predicted octanol–water partition coefficient (Wildman–Crippen LogP) is 3.57. The second-order valence-electron chi connectivity index (χ2n) is 7.31. The Morgan fingerprint density at radius 2 is 2.12 bits per heavy atom. The largest absolute Gasteiger partial charge is 0.465 e. The van der Waals surface area contributed by atoms with E-state index in [1.54, 1.807) is 7.11 Å². The zero-order valence-electron chi connectivity index (χ0n) is 16.2. The summed E-state index contributed by atoms with van der Waals surface area (Å²) in [7, 11) is 1.71. The van der Waals surface area contributed by atoms with Crippen LogP contribution in [0.2, 0.25) is 0 Å². The van der Waals surface area contributed by atoms with E-state index in [0.29, 0.717) is 18.1 Å². The molecule has 0 N–H and O–H groups in total. The Morgan fingerprint density at radius 1 is 1.38 bits per heavy atom. The molecule has 26 heavy (non-hydrogen) atoms. The molecule has 142 valence electrons. The SMILES string of the molecule is COCCn1ccnc1C1CCN(C(=O)c2cc(C(C)C)oc2C)CC1. The molecule has 2 aromatic heterocycles. The van der Waals surface area contributed by atoms with Crippen LogP contribution in [0.5, 0.6) is 0 Å².